The molecule has 0 aliphatic carbocycles. The van der Waals surface area contributed by atoms with E-state index in [-0.39, 0.29) is 19.2 Å². The Morgan fingerprint density at radius 1 is 1.07 bits per heavy atom. The van der Waals surface area contributed by atoms with Gasteiger partial charge in [0.25, 0.3) is 0 Å². The van der Waals surface area contributed by atoms with Gasteiger partial charge in [0.15, 0.2) is 0 Å². The molecule has 0 aromatic rings. The number of carbonyl (C=O) groups is 1. The van der Waals surface area contributed by atoms with E-state index in [1.807, 2.05) is 0 Å². The molecule has 84 valence electrons. The van der Waals surface area contributed by atoms with Crippen molar-refractivity contribution in [2.45, 2.75) is 13.3 Å². The first-order valence-electron chi connectivity index (χ1n) is 4.59. The molecule has 0 saturated carbocycles. The number of hydrogen-bond acceptors (Lipinski definition) is 5. The lowest BCUT2D eigenvalue weighted by molar-refractivity contribution is -0.134. The van der Waals surface area contributed by atoms with Crippen molar-refractivity contribution in [3.05, 3.63) is 9.81 Å². The molecule has 1 saturated heterocycles. The Morgan fingerprint density at radius 3 is 1.87 bits per heavy atom. The summed E-state index contributed by atoms with van der Waals surface area (Å²) in [6.07, 6.45) is 0.614. The molecule has 1 fully saturated rings. The number of hydrogen-bond donors (Lipinski definition) is 0. The van der Waals surface area contributed by atoms with Gasteiger partial charge in [0.05, 0.1) is 10.6 Å². The first kappa shape index (κ1) is 11.3. The Bertz CT molecular complexity index is 241. The van der Waals surface area contributed by atoms with Gasteiger partial charge in [0, 0.05) is 20.0 Å². The fourth-order valence-corrected chi connectivity index (χ4v) is 1.35. The molecule has 0 unspecified atom stereocenters. The smallest absolute Gasteiger partial charge is 0.222 e. The zero-order chi connectivity index (χ0) is 11.3. The van der Waals surface area contributed by atoms with Crippen LogP contribution in [0, 0.1) is 9.81 Å². The van der Waals surface area contributed by atoms with Gasteiger partial charge in [0.1, 0.15) is 13.3 Å². The lowest BCUT2D eigenvalue weighted by Crippen LogP contribution is -2.46. The second kappa shape index (κ2) is 5.23. The number of nitrogens with zero attached hydrogens (tertiary/aromatic N) is 5. The highest BCUT2D eigenvalue weighted by atomic mass is 16.3. The van der Waals surface area contributed by atoms with Crippen molar-refractivity contribution in [1.82, 2.24) is 14.9 Å². The molecule has 0 aromatic heterocycles. The van der Waals surface area contributed by atoms with Crippen molar-refractivity contribution >= 4 is 5.91 Å². The predicted octanol–water partition coefficient (Wildman–Crippen LogP) is 0.120. The summed E-state index contributed by atoms with van der Waals surface area (Å²) in [4.78, 5) is 33.3. The van der Waals surface area contributed by atoms with E-state index in [1.54, 1.807) is 0 Å². The minimum absolute atomic E-state index is 0.102. The van der Waals surface area contributed by atoms with E-state index in [2.05, 4.69) is 10.6 Å². The summed E-state index contributed by atoms with van der Waals surface area (Å²) in [5.74, 6) is -0.223. The van der Waals surface area contributed by atoms with Crippen molar-refractivity contribution in [3.63, 3.8) is 0 Å². The largest absolute Gasteiger partial charge is 0.304 e. The van der Waals surface area contributed by atoms with Crippen LogP contribution in [0.2, 0.25) is 0 Å². The maximum Gasteiger partial charge on any atom is 0.222 e. The van der Waals surface area contributed by atoms with Crippen molar-refractivity contribution in [3.8, 4) is 0 Å². The third-order valence-electron chi connectivity index (χ3n) is 2.18. The molecular weight excluding hydrogens is 202 g/mol. The fourth-order valence-electron chi connectivity index (χ4n) is 1.35. The molecule has 0 spiro atoms. The number of rotatable bonds is 2. The number of nitroso groups, excluding NO2 is 2. The summed E-state index contributed by atoms with van der Waals surface area (Å²) in [5.41, 5.74) is 0. The zero-order valence-electron chi connectivity index (χ0n) is 8.50. The predicted molar refractivity (Wildman–Crippen MR) is 51.9 cm³/mol. The van der Waals surface area contributed by atoms with Gasteiger partial charge in [-0.05, 0) is 6.42 Å². The highest BCUT2D eigenvalue weighted by molar-refractivity contribution is 5.73. The van der Waals surface area contributed by atoms with Crippen molar-refractivity contribution in [2.24, 2.45) is 10.6 Å². The quantitative estimate of drug-likeness (QED) is 0.611. The summed E-state index contributed by atoms with van der Waals surface area (Å²) in [6, 6.07) is 0. The second-order valence-corrected chi connectivity index (χ2v) is 3.32. The Morgan fingerprint density at radius 2 is 1.53 bits per heavy atom. The summed E-state index contributed by atoms with van der Waals surface area (Å²) >= 11 is 0. The Labute approximate surface area is 86.7 Å². The summed E-state index contributed by atoms with van der Waals surface area (Å²) in [6.45, 7) is 2.40. The molecule has 0 N–H and O–H groups in total. The minimum atomic E-state index is -0.223. The molecule has 15 heavy (non-hydrogen) atoms. The number of carbonyl (C=O) groups excluding carboxylic acids is 1. The van der Waals surface area contributed by atoms with Crippen LogP contribution in [0.5, 0.6) is 0 Å². The topological polar surface area (TPSA) is 85.7 Å². The van der Waals surface area contributed by atoms with Crippen LogP contribution >= 0.6 is 0 Å². The van der Waals surface area contributed by atoms with Crippen LogP contribution in [0.15, 0.2) is 10.6 Å². The third kappa shape index (κ3) is 3.15. The van der Waals surface area contributed by atoms with Gasteiger partial charge in [0.2, 0.25) is 5.91 Å². The average molecular weight is 215 g/mol. The Kier molecular flexibility index (Phi) is 3.95. The van der Waals surface area contributed by atoms with Gasteiger partial charge in [-0.3, -0.25) is 4.79 Å². The van der Waals surface area contributed by atoms with Gasteiger partial charge in [-0.1, -0.05) is 0 Å². The first-order valence-corrected chi connectivity index (χ1v) is 4.59. The van der Waals surface area contributed by atoms with E-state index in [4.69, 9.17) is 0 Å². The lowest BCUT2D eigenvalue weighted by atomic mass is 10.4. The Balaban J connectivity index is 2.66. The van der Waals surface area contributed by atoms with Crippen LogP contribution in [0.3, 0.4) is 0 Å². The molecule has 0 aromatic carbocycles. The number of amides is 1. The maximum atomic E-state index is 11.2. The van der Waals surface area contributed by atoms with E-state index >= 15 is 0 Å². The molecule has 1 amide bonds. The minimum Gasteiger partial charge on any atom is -0.304 e. The van der Waals surface area contributed by atoms with Gasteiger partial charge in [-0.25, -0.2) is 10.0 Å². The van der Waals surface area contributed by atoms with E-state index in [1.165, 1.54) is 21.8 Å². The van der Waals surface area contributed by atoms with Gasteiger partial charge in [-0.15, -0.1) is 9.81 Å². The average Bonchev–Trinajstić information content (AvgIpc) is 2.17. The van der Waals surface area contributed by atoms with Crippen LogP contribution < -0.4 is 0 Å². The standard InChI is InChI=1S/C7H13N5O3/c1-7(13)10-5-11(8-14)3-2-4-12(6-10)9-15/h2-6H2,1H3. The lowest BCUT2D eigenvalue weighted by Gasteiger charge is -2.31. The molecule has 1 aliphatic rings. The molecule has 0 radical (unpaired) electrons. The zero-order valence-corrected chi connectivity index (χ0v) is 8.50. The van der Waals surface area contributed by atoms with Gasteiger partial charge < -0.3 is 4.90 Å². The molecular formula is C7H13N5O3. The summed E-state index contributed by atoms with van der Waals surface area (Å²) in [7, 11) is 0. The maximum absolute atomic E-state index is 11.2. The van der Waals surface area contributed by atoms with Crippen molar-refractivity contribution in [1.29, 1.82) is 0 Å². The molecule has 0 atom stereocenters. The second-order valence-electron chi connectivity index (χ2n) is 3.32. The molecule has 1 rings (SSSR count). The first-order chi connectivity index (χ1) is 7.17. The fraction of sp³-hybridized carbons (Fsp3) is 0.857. The van der Waals surface area contributed by atoms with Crippen LogP contribution in [0.1, 0.15) is 13.3 Å². The molecule has 8 nitrogen and oxygen atoms in total. The molecule has 1 heterocycles. The van der Waals surface area contributed by atoms with Crippen LogP contribution in [-0.4, -0.2) is 47.3 Å². The molecule has 1 aliphatic heterocycles. The monoisotopic (exact) mass is 215 g/mol. The highest BCUT2D eigenvalue weighted by Crippen LogP contribution is 2.06. The molecule has 0 bridgehead atoms. The van der Waals surface area contributed by atoms with E-state index in [0.717, 1.165) is 0 Å². The van der Waals surface area contributed by atoms with Gasteiger partial charge in [-0.2, -0.15) is 0 Å². The van der Waals surface area contributed by atoms with Crippen LogP contribution in [0.4, 0.5) is 0 Å². The van der Waals surface area contributed by atoms with E-state index in [9.17, 15) is 14.6 Å². The highest BCUT2D eigenvalue weighted by Gasteiger charge is 2.20. The summed E-state index contributed by atoms with van der Waals surface area (Å²) in [5, 5.41) is 8.10. The van der Waals surface area contributed by atoms with E-state index in [0.29, 0.717) is 19.5 Å². The van der Waals surface area contributed by atoms with Crippen LogP contribution in [0.25, 0.3) is 0 Å². The van der Waals surface area contributed by atoms with Crippen LogP contribution in [-0.2, 0) is 4.79 Å². The van der Waals surface area contributed by atoms with E-state index < -0.39 is 0 Å². The normalized spacial score (nSPS) is 18.1. The van der Waals surface area contributed by atoms with Crippen molar-refractivity contribution < 1.29 is 4.79 Å². The van der Waals surface area contributed by atoms with Gasteiger partial charge >= 0.3 is 0 Å². The Hall–Kier alpha value is -1.73. The summed E-state index contributed by atoms with van der Waals surface area (Å²) < 4.78 is 0. The molecule has 8 heteroatoms. The third-order valence-corrected chi connectivity index (χ3v) is 2.18. The SMILES string of the molecule is CC(=O)N1CN(N=O)CCCN(N=O)C1. The van der Waals surface area contributed by atoms with Crippen molar-refractivity contribution in [2.75, 3.05) is 26.4 Å².